The van der Waals surface area contributed by atoms with Gasteiger partial charge in [-0.25, -0.2) is 9.59 Å². The van der Waals surface area contributed by atoms with Crippen molar-refractivity contribution in [3.05, 3.63) is 29.3 Å². The van der Waals surface area contributed by atoms with E-state index in [4.69, 9.17) is 5.11 Å². The number of nitrogens with one attached hydrogen (secondary N) is 2. The summed E-state index contributed by atoms with van der Waals surface area (Å²) in [6, 6.07) is 3.06. The molecule has 7 heteroatoms. The highest BCUT2D eigenvalue weighted by molar-refractivity contribution is 6.07. The van der Waals surface area contributed by atoms with Gasteiger partial charge in [0, 0.05) is 0 Å². The molecule has 1 aliphatic heterocycles. The summed E-state index contributed by atoms with van der Waals surface area (Å²) in [5, 5.41) is 22.8. The Labute approximate surface area is 101 Å². The van der Waals surface area contributed by atoms with Gasteiger partial charge in [-0.05, 0) is 24.6 Å². The lowest BCUT2D eigenvalue weighted by Crippen LogP contribution is -2.40. The zero-order chi connectivity index (χ0) is 13.5. The summed E-state index contributed by atoms with van der Waals surface area (Å²) < 4.78 is 0. The van der Waals surface area contributed by atoms with Gasteiger partial charge in [-0.1, -0.05) is 6.07 Å². The summed E-state index contributed by atoms with van der Waals surface area (Å²) in [7, 11) is 0. The van der Waals surface area contributed by atoms with Crippen LogP contribution in [0.4, 0.5) is 4.79 Å². The van der Waals surface area contributed by atoms with Crippen molar-refractivity contribution < 1.29 is 24.6 Å². The molecule has 1 aromatic carbocycles. The maximum atomic E-state index is 11.6. The molecule has 0 aromatic heterocycles. The third kappa shape index (κ3) is 1.65. The highest BCUT2D eigenvalue weighted by Gasteiger charge is 2.43. The van der Waals surface area contributed by atoms with Crippen molar-refractivity contribution in [1.82, 2.24) is 10.6 Å². The zero-order valence-electron chi connectivity index (χ0n) is 9.35. The van der Waals surface area contributed by atoms with Crippen LogP contribution in [0.3, 0.4) is 0 Å². The Morgan fingerprint density at radius 3 is 2.44 bits per heavy atom. The lowest BCUT2D eigenvalue weighted by molar-refractivity contribution is -0.123. The molecule has 1 fully saturated rings. The highest BCUT2D eigenvalue weighted by atomic mass is 16.4. The normalized spacial score (nSPS) is 22.5. The topological polar surface area (TPSA) is 116 Å². The van der Waals surface area contributed by atoms with Crippen LogP contribution in [0.15, 0.2) is 18.2 Å². The fourth-order valence-corrected chi connectivity index (χ4v) is 1.77. The van der Waals surface area contributed by atoms with Crippen LogP contribution in [0.25, 0.3) is 0 Å². The predicted octanol–water partition coefficient (Wildman–Crippen LogP) is 0.145. The zero-order valence-corrected chi connectivity index (χ0v) is 9.35. The number of amides is 3. The van der Waals surface area contributed by atoms with E-state index in [1.165, 1.54) is 19.1 Å². The van der Waals surface area contributed by atoms with Crippen LogP contribution in [-0.2, 0) is 10.3 Å². The molecule has 1 aliphatic rings. The Morgan fingerprint density at radius 1 is 1.33 bits per heavy atom. The van der Waals surface area contributed by atoms with Gasteiger partial charge in [-0.2, -0.15) is 0 Å². The fraction of sp³-hybridized carbons (Fsp3) is 0.182. The third-order valence-electron chi connectivity index (χ3n) is 2.85. The van der Waals surface area contributed by atoms with Crippen LogP contribution in [0.2, 0.25) is 0 Å². The molecule has 1 saturated heterocycles. The Balaban J connectivity index is 2.47. The molecule has 0 spiro atoms. The first kappa shape index (κ1) is 11.9. The molecule has 0 aliphatic carbocycles. The van der Waals surface area contributed by atoms with E-state index < -0.39 is 29.2 Å². The monoisotopic (exact) mass is 250 g/mol. The van der Waals surface area contributed by atoms with Gasteiger partial charge in [-0.3, -0.25) is 10.1 Å². The molecule has 7 nitrogen and oxygen atoms in total. The second-order valence-electron chi connectivity index (χ2n) is 4.07. The van der Waals surface area contributed by atoms with Gasteiger partial charge in [0.25, 0.3) is 5.91 Å². The molecule has 0 bridgehead atoms. The number of aromatic carboxylic acids is 1. The smallest absolute Gasteiger partial charge is 0.339 e. The standard InChI is InChI=1S/C11H10N2O5/c1-11(9(17)12-10(18)13-11)5-2-3-6(8(15)16)7(14)4-5/h2-4,14H,1H3,(H,15,16)(H2,12,13,17,18). The number of carboxylic acids is 1. The number of aromatic hydroxyl groups is 1. The molecule has 2 rings (SSSR count). The first-order valence-electron chi connectivity index (χ1n) is 5.05. The van der Waals surface area contributed by atoms with Crippen LogP contribution < -0.4 is 10.6 Å². The quantitative estimate of drug-likeness (QED) is 0.557. The van der Waals surface area contributed by atoms with E-state index >= 15 is 0 Å². The minimum Gasteiger partial charge on any atom is -0.507 e. The van der Waals surface area contributed by atoms with Crippen molar-refractivity contribution in [1.29, 1.82) is 0 Å². The van der Waals surface area contributed by atoms with E-state index in [9.17, 15) is 19.5 Å². The summed E-state index contributed by atoms with van der Waals surface area (Å²) >= 11 is 0. The minimum absolute atomic E-state index is 0.271. The maximum absolute atomic E-state index is 11.6. The van der Waals surface area contributed by atoms with Crippen LogP contribution in [0, 0.1) is 0 Å². The Bertz CT molecular complexity index is 569. The number of imide groups is 1. The number of urea groups is 1. The van der Waals surface area contributed by atoms with Crippen LogP contribution in [0.5, 0.6) is 5.75 Å². The number of hydrogen-bond acceptors (Lipinski definition) is 4. The van der Waals surface area contributed by atoms with Gasteiger partial charge < -0.3 is 15.5 Å². The molecule has 18 heavy (non-hydrogen) atoms. The summed E-state index contributed by atoms with van der Waals surface area (Å²) in [4.78, 5) is 33.5. The molecule has 0 saturated carbocycles. The second-order valence-corrected chi connectivity index (χ2v) is 4.07. The van der Waals surface area contributed by atoms with Crippen molar-refractivity contribution in [3.8, 4) is 5.75 Å². The van der Waals surface area contributed by atoms with E-state index in [2.05, 4.69) is 10.6 Å². The first-order chi connectivity index (χ1) is 8.34. The van der Waals surface area contributed by atoms with E-state index in [0.717, 1.165) is 6.07 Å². The maximum Gasteiger partial charge on any atom is 0.339 e. The van der Waals surface area contributed by atoms with Gasteiger partial charge in [0.2, 0.25) is 0 Å². The number of carbonyl (C=O) groups excluding carboxylic acids is 2. The third-order valence-corrected chi connectivity index (χ3v) is 2.85. The number of benzene rings is 1. The first-order valence-corrected chi connectivity index (χ1v) is 5.05. The summed E-state index contributed by atoms with van der Waals surface area (Å²) in [5.74, 6) is -2.30. The van der Waals surface area contributed by atoms with E-state index in [0.29, 0.717) is 5.56 Å². The molecule has 0 radical (unpaired) electrons. The number of carbonyl (C=O) groups is 3. The minimum atomic E-state index is -1.31. The highest BCUT2D eigenvalue weighted by Crippen LogP contribution is 2.29. The summed E-state index contributed by atoms with van der Waals surface area (Å²) in [6.07, 6.45) is 0. The Morgan fingerprint density at radius 2 is 2.00 bits per heavy atom. The van der Waals surface area contributed by atoms with E-state index in [-0.39, 0.29) is 5.56 Å². The Kier molecular flexibility index (Phi) is 2.46. The SMILES string of the molecule is CC1(c2ccc(C(=O)O)c(O)c2)NC(=O)NC1=O. The predicted molar refractivity (Wildman–Crippen MR) is 59.1 cm³/mol. The number of carboxylic acid groups (broad SMARTS) is 1. The fourth-order valence-electron chi connectivity index (χ4n) is 1.77. The number of rotatable bonds is 2. The van der Waals surface area contributed by atoms with Crippen molar-refractivity contribution in [2.45, 2.75) is 12.5 Å². The molecule has 4 N–H and O–H groups in total. The molecule has 94 valence electrons. The van der Waals surface area contributed by atoms with Crippen LogP contribution >= 0.6 is 0 Å². The van der Waals surface area contributed by atoms with E-state index in [1.807, 2.05) is 0 Å². The van der Waals surface area contributed by atoms with Crippen molar-refractivity contribution >= 4 is 17.9 Å². The van der Waals surface area contributed by atoms with Crippen molar-refractivity contribution in [2.75, 3.05) is 0 Å². The largest absolute Gasteiger partial charge is 0.507 e. The second kappa shape index (κ2) is 3.73. The molecule has 1 heterocycles. The van der Waals surface area contributed by atoms with Crippen molar-refractivity contribution in [2.24, 2.45) is 0 Å². The molecule has 1 aromatic rings. The summed E-state index contributed by atoms with van der Waals surface area (Å²) in [5.41, 5.74) is -1.29. The van der Waals surface area contributed by atoms with Gasteiger partial charge in [-0.15, -0.1) is 0 Å². The van der Waals surface area contributed by atoms with Gasteiger partial charge >= 0.3 is 12.0 Å². The van der Waals surface area contributed by atoms with E-state index in [1.54, 1.807) is 0 Å². The average Bonchev–Trinajstić information content (AvgIpc) is 2.53. The van der Waals surface area contributed by atoms with Gasteiger partial charge in [0.1, 0.15) is 16.9 Å². The van der Waals surface area contributed by atoms with Gasteiger partial charge in [0.15, 0.2) is 0 Å². The average molecular weight is 250 g/mol. The van der Waals surface area contributed by atoms with Gasteiger partial charge in [0.05, 0.1) is 0 Å². The lowest BCUT2D eigenvalue weighted by atomic mass is 9.91. The summed E-state index contributed by atoms with van der Waals surface area (Å²) in [6.45, 7) is 1.46. The molecule has 1 atom stereocenters. The number of phenols is 1. The molecule has 3 amide bonds. The molecule has 1 unspecified atom stereocenters. The lowest BCUT2D eigenvalue weighted by Gasteiger charge is -2.21. The molecular formula is C11H10N2O5. The van der Waals surface area contributed by atoms with Crippen LogP contribution in [-0.4, -0.2) is 28.1 Å². The Hall–Kier alpha value is -2.57. The van der Waals surface area contributed by atoms with Crippen molar-refractivity contribution in [3.63, 3.8) is 0 Å². The van der Waals surface area contributed by atoms with Crippen LogP contribution in [0.1, 0.15) is 22.8 Å². The number of hydrogen-bond donors (Lipinski definition) is 4. The molecular weight excluding hydrogens is 240 g/mol.